The summed E-state index contributed by atoms with van der Waals surface area (Å²) in [6.07, 6.45) is 1.08. The maximum Gasteiger partial charge on any atom is 0.120 e. The number of anilines is 1. The van der Waals surface area contributed by atoms with Crippen molar-refractivity contribution >= 4 is 5.69 Å². The first-order valence-corrected chi connectivity index (χ1v) is 3.84. The smallest absolute Gasteiger partial charge is 0.120 e. The van der Waals surface area contributed by atoms with Gasteiger partial charge in [-0.2, -0.15) is 0 Å². The van der Waals surface area contributed by atoms with Gasteiger partial charge in [-0.1, -0.05) is 6.07 Å². The fourth-order valence-corrected chi connectivity index (χ4v) is 1.53. The van der Waals surface area contributed by atoms with Gasteiger partial charge >= 0.3 is 0 Å². The first-order chi connectivity index (χ1) is 5.29. The molecule has 0 fully saturated rings. The quantitative estimate of drug-likeness (QED) is 0.588. The summed E-state index contributed by atoms with van der Waals surface area (Å²) in [5, 5.41) is 12.6. The van der Waals surface area contributed by atoms with E-state index < -0.39 is 0 Å². The van der Waals surface area contributed by atoms with Crippen molar-refractivity contribution in [1.82, 2.24) is 0 Å². The Labute approximate surface area is 65.9 Å². The van der Waals surface area contributed by atoms with E-state index in [1.54, 1.807) is 6.07 Å². The maximum atomic E-state index is 9.34. The largest absolute Gasteiger partial charge is 0.508 e. The summed E-state index contributed by atoms with van der Waals surface area (Å²) in [5.41, 5.74) is 3.42. The van der Waals surface area contributed by atoms with Gasteiger partial charge in [0.05, 0.1) is 0 Å². The van der Waals surface area contributed by atoms with Crippen molar-refractivity contribution in [3.05, 3.63) is 23.3 Å². The molecule has 0 aromatic heterocycles. The van der Waals surface area contributed by atoms with Gasteiger partial charge in [0.25, 0.3) is 0 Å². The highest BCUT2D eigenvalue weighted by molar-refractivity contribution is 5.64. The molecular formula is C9H11NO. The van der Waals surface area contributed by atoms with E-state index >= 15 is 0 Å². The highest BCUT2D eigenvalue weighted by atomic mass is 16.3. The Balaban J connectivity index is 2.62. The van der Waals surface area contributed by atoms with E-state index in [1.807, 2.05) is 13.0 Å². The summed E-state index contributed by atoms with van der Waals surface area (Å²) in [6, 6.07) is 3.75. The molecule has 0 spiro atoms. The van der Waals surface area contributed by atoms with E-state index in [2.05, 4.69) is 5.32 Å². The third-order valence-electron chi connectivity index (χ3n) is 2.22. The summed E-state index contributed by atoms with van der Waals surface area (Å²) < 4.78 is 0. The van der Waals surface area contributed by atoms with Crippen LogP contribution in [0.1, 0.15) is 11.1 Å². The fourth-order valence-electron chi connectivity index (χ4n) is 1.53. The first kappa shape index (κ1) is 6.53. The number of fused-ring (bicyclic) bond motifs is 1. The summed E-state index contributed by atoms with van der Waals surface area (Å²) in [4.78, 5) is 0. The number of phenolic OH excluding ortho intramolecular Hbond substituents is 1. The van der Waals surface area contributed by atoms with Crippen LogP contribution in [0.2, 0.25) is 0 Å². The molecule has 1 aromatic carbocycles. The Kier molecular flexibility index (Phi) is 1.28. The van der Waals surface area contributed by atoms with Crippen LogP contribution >= 0.6 is 0 Å². The van der Waals surface area contributed by atoms with Gasteiger partial charge in [-0.25, -0.2) is 0 Å². The molecule has 0 atom stereocenters. The topological polar surface area (TPSA) is 32.3 Å². The van der Waals surface area contributed by atoms with Crippen LogP contribution in [-0.4, -0.2) is 11.7 Å². The Bertz CT molecular complexity index is 294. The molecule has 0 unspecified atom stereocenters. The van der Waals surface area contributed by atoms with Crippen LogP contribution in [0.5, 0.6) is 5.75 Å². The van der Waals surface area contributed by atoms with Gasteiger partial charge in [-0.3, -0.25) is 0 Å². The van der Waals surface area contributed by atoms with Gasteiger partial charge < -0.3 is 10.4 Å². The average Bonchev–Trinajstić information content (AvgIpc) is 2.45. The molecule has 0 bridgehead atoms. The minimum absolute atomic E-state index is 0.387. The zero-order valence-corrected chi connectivity index (χ0v) is 6.52. The lowest BCUT2D eigenvalue weighted by Gasteiger charge is -2.05. The number of benzene rings is 1. The van der Waals surface area contributed by atoms with Crippen molar-refractivity contribution in [2.24, 2.45) is 0 Å². The van der Waals surface area contributed by atoms with Crippen LogP contribution in [0.3, 0.4) is 0 Å². The lowest BCUT2D eigenvalue weighted by Crippen LogP contribution is -1.92. The van der Waals surface area contributed by atoms with Crippen molar-refractivity contribution in [3.8, 4) is 5.75 Å². The average molecular weight is 149 g/mol. The fraction of sp³-hybridized carbons (Fsp3) is 0.333. The zero-order chi connectivity index (χ0) is 7.84. The number of phenols is 1. The van der Waals surface area contributed by atoms with E-state index in [1.165, 1.54) is 5.56 Å². The Hall–Kier alpha value is -1.18. The van der Waals surface area contributed by atoms with Gasteiger partial charge in [0.2, 0.25) is 0 Å². The highest BCUT2D eigenvalue weighted by Crippen LogP contribution is 2.31. The SMILES string of the molecule is Cc1c(O)ccc2c1NCC2. The van der Waals surface area contributed by atoms with Crippen molar-refractivity contribution in [2.45, 2.75) is 13.3 Å². The van der Waals surface area contributed by atoms with E-state index in [9.17, 15) is 5.11 Å². The molecule has 2 heteroatoms. The Morgan fingerprint density at radius 2 is 2.27 bits per heavy atom. The standard InChI is InChI=1S/C9H11NO/c1-6-8(11)3-2-7-4-5-10-9(6)7/h2-3,10-11H,4-5H2,1H3. The Morgan fingerprint density at radius 3 is 3.09 bits per heavy atom. The highest BCUT2D eigenvalue weighted by Gasteiger charge is 2.13. The van der Waals surface area contributed by atoms with Crippen LogP contribution in [0.15, 0.2) is 12.1 Å². The van der Waals surface area contributed by atoms with Gasteiger partial charge in [-0.05, 0) is 25.0 Å². The van der Waals surface area contributed by atoms with Gasteiger partial charge in [-0.15, -0.1) is 0 Å². The van der Waals surface area contributed by atoms with Crippen molar-refractivity contribution < 1.29 is 5.11 Å². The lowest BCUT2D eigenvalue weighted by atomic mass is 10.1. The molecule has 2 N–H and O–H groups in total. The second kappa shape index (κ2) is 2.16. The summed E-state index contributed by atoms with van der Waals surface area (Å²) in [6.45, 7) is 2.94. The molecular weight excluding hydrogens is 138 g/mol. The summed E-state index contributed by atoms with van der Waals surface area (Å²) >= 11 is 0. The van der Waals surface area contributed by atoms with Gasteiger partial charge in [0, 0.05) is 17.8 Å². The summed E-state index contributed by atoms with van der Waals surface area (Å²) in [7, 11) is 0. The van der Waals surface area contributed by atoms with Crippen LogP contribution in [-0.2, 0) is 6.42 Å². The van der Waals surface area contributed by atoms with Crippen LogP contribution in [0.25, 0.3) is 0 Å². The second-order valence-electron chi connectivity index (χ2n) is 2.92. The summed E-state index contributed by atoms with van der Waals surface area (Å²) in [5.74, 6) is 0.387. The van der Waals surface area contributed by atoms with Gasteiger partial charge in [0.15, 0.2) is 0 Å². The molecule has 0 aliphatic carbocycles. The molecule has 0 radical (unpaired) electrons. The van der Waals surface area contributed by atoms with Crippen LogP contribution in [0, 0.1) is 6.92 Å². The van der Waals surface area contributed by atoms with E-state index in [-0.39, 0.29) is 0 Å². The molecule has 0 saturated heterocycles. The van der Waals surface area contributed by atoms with Crippen LogP contribution in [0.4, 0.5) is 5.69 Å². The molecule has 2 rings (SSSR count). The monoisotopic (exact) mass is 149 g/mol. The molecule has 1 aromatic rings. The molecule has 0 amide bonds. The van der Waals surface area contributed by atoms with E-state index in [0.29, 0.717) is 5.75 Å². The van der Waals surface area contributed by atoms with Crippen molar-refractivity contribution in [2.75, 3.05) is 11.9 Å². The van der Waals surface area contributed by atoms with Gasteiger partial charge in [0.1, 0.15) is 5.75 Å². The lowest BCUT2D eigenvalue weighted by molar-refractivity contribution is 0.471. The molecule has 0 saturated carbocycles. The third kappa shape index (κ3) is 0.862. The normalized spacial score (nSPS) is 14.3. The molecule has 1 heterocycles. The van der Waals surface area contributed by atoms with Crippen LogP contribution < -0.4 is 5.32 Å². The van der Waals surface area contributed by atoms with Crippen molar-refractivity contribution in [1.29, 1.82) is 0 Å². The van der Waals surface area contributed by atoms with Crippen molar-refractivity contribution in [3.63, 3.8) is 0 Å². The number of hydrogen-bond acceptors (Lipinski definition) is 2. The molecule has 2 nitrogen and oxygen atoms in total. The van der Waals surface area contributed by atoms with E-state index in [0.717, 1.165) is 24.2 Å². The molecule has 1 aliphatic heterocycles. The predicted molar refractivity (Wildman–Crippen MR) is 45.0 cm³/mol. The number of nitrogens with one attached hydrogen (secondary N) is 1. The molecule has 11 heavy (non-hydrogen) atoms. The predicted octanol–water partition coefficient (Wildman–Crippen LogP) is 1.67. The maximum absolute atomic E-state index is 9.34. The first-order valence-electron chi connectivity index (χ1n) is 3.84. The minimum Gasteiger partial charge on any atom is -0.508 e. The number of rotatable bonds is 0. The zero-order valence-electron chi connectivity index (χ0n) is 6.52. The Morgan fingerprint density at radius 1 is 1.45 bits per heavy atom. The van der Waals surface area contributed by atoms with E-state index in [4.69, 9.17) is 0 Å². The number of hydrogen-bond donors (Lipinski definition) is 2. The second-order valence-corrected chi connectivity index (χ2v) is 2.92. The molecule has 58 valence electrons. The number of aromatic hydroxyl groups is 1. The minimum atomic E-state index is 0.387. The third-order valence-corrected chi connectivity index (χ3v) is 2.22. The molecule has 1 aliphatic rings.